The molecule has 2 heterocycles. The van der Waals surface area contributed by atoms with Crippen LogP contribution in [0.4, 0.5) is 10.1 Å². The molecule has 9 heteroatoms. The highest BCUT2D eigenvalue weighted by atomic mass is 32.2. The maximum absolute atomic E-state index is 13.3. The van der Waals surface area contributed by atoms with Gasteiger partial charge in [0.15, 0.2) is 6.04 Å². The van der Waals surface area contributed by atoms with E-state index in [1.807, 2.05) is 0 Å². The molecule has 0 saturated carbocycles. The van der Waals surface area contributed by atoms with Gasteiger partial charge in [-0.15, -0.1) is 11.8 Å². The lowest BCUT2D eigenvalue weighted by Crippen LogP contribution is -2.79. The third-order valence-electron chi connectivity index (χ3n) is 4.82. The Bertz CT molecular complexity index is 836. The highest BCUT2D eigenvalue weighted by Gasteiger charge is 2.63. The van der Waals surface area contributed by atoms with Crippen molar-refractivity contribution in [1.29, 1.82) is 0 Å². The monoisotopic (exact) mass is 424 g/mol. The minimum atomic E-state index is -1.47. The molecule has 158 valence electrons. The average Bonchev–Trinajstić information content (AvgIpc) is 2.58. The van der Waals surface area contributed by atoms with Crippen LogP contribution in [0.3, 0.4) is 0 Å². The Morgan fingerprint density at radius 3 is 2.41 bits per heavy atom. The second-order valence-electron chi connectivity index (χ2n) is 8.55. The molecule has 7 nitrogen and oxygen atoms in total. The Hall–Kier alpha value is -2.13. The van der Waals surface area contributed by atoms with Crippen molar-refractivity contribution < 1.29 is 28.6 Å². The summed E-state index contributed by atoms with van der Waals surface area (Å²) in [6.07, 6.45) is 0. The predicted molar refractivity (Wildman–Crippen MR) is 107 cm³/mol. The van der Waals surface area contributed by atoms with Crippen molar-refractivity contribution in [2.75, 3.05) is 10.7 Å². The number of ether oxygens (including phenoxy) is 1. The maximum atomic E-state index is 13.3. The molecule has 3 rings (SSSR count). The van der Waals surface area contributed by atoms with Gasteiger partial charge in [0, 0.05) is 18.4 Å². The van der Waals surface area contributed by atoms with Crippen LogP contribution < -0.4 is 4.90 Å². The lowest BCUT2D eigenvalue weighted by Gasteiger charge is -2.58. The van der Waals surface area contributed by atoms with Crippen LogP contribution in [-0.2, 0) is 19.1 Å². The van der Waals surface area contributed by atoms with Crippen LogP contribution in [0, 0.1) is 5.82 Å². The number of thioether (sulfide) groups is 1. The number of hydrogen-bond donors (Lipinski definition) is 1. The SMILES string of the molecule is CC(=O)N(c1ccc(F)cc1)C1C(=O)N2C(C(=O)OC(C)(C)C)C(C)(O)CS[C@H]12. The van der Waals surface area contributed by atoms with E-state index in [0.717, 1.165) is 0 Å². The predicted octanol–water partition coefficient (Wildman–Crippen LogP) is 1.92. The van der Waals surface area contributed by atoms with Gasteiger partial charge < -0.3 is 14.7 Å². The van der Waals surface area contributed by atoms with Gasteiger partial charge in [-0.25, -0.2) is 9.18 Å². The number of carbonyl (C=O) groups is 3. The van der Waals surface area contributed by atoms with E-state index in [1.54, 1.807) is 20.8 Å². The molecular formula is C20H25FN2O5S. The summed E-state index contributed by atoms with van der Waals surface area (Å²) >= 11 is 1.29. The highest BCUT2D eigenvalue weighted by Crippen LogP contribution is 2.45. The molecule has 0 bridgehead atoms. The van der Waals surface area contributed by atoms with Crippen LogP contribution in [-0.4, -0.2) is 62.2 Å². The van der Waals surface area contributed by atoms with Crippen molar-refractivity contribution in [3.63, 3.8) is 0 Å². The van der Waals surface area contributed by atoms with Gasteiger partial charge in [-0.1, -0.05) is 0 Å². The molecule has 2 aliphatic heterocycles. The number of halogens is 1. The number of hydrogen-bond acceptors (Lipinski definition) is 6. The lowest BCUT2D eigenvalue weighted by molar-refractivity contribution is -0.183. The summed E-state index contributed by atoms with van der Waals surface area (Å²) in [7, 11) is 0. The number of anilines is 1. The van der Waals surface area contributed by atoms with E-state index in [1.165, 1.54) is 59.7 Å². The second kappa shape index (κ2) is 7.28. The minimum absolute atomic E-state index is 0.191. The summed E-state index contributed by atoms with van der Waals surface area (Å²) in [6, 6.07) is 3.29. The normalized spacial score (nSPS) is 29.0. The first-order valence-electron chi connectivity index (χ1n) is 9.28. The largest absolute Gasteiger partial charge is 0.458 e. The van der Waals surface area contributed by atoms with Gasteiger partial charge in [0.2, 0.25) is 5.91 Å². The summed E-state index contributed by atoms with van der Waals surface area (Å²) in [4.78, 5) is 40.8. The third-order valence-corrected chi connectivity index (χ3v) is 6.40. The number of fused-ring (bicyclic) bond motifs is 1. The van der Waals surface area contributed by atoms with Crippen LogP contribution in [0.5, 0.6) is 0 Å². The van der Waals surface area contributed by atoms with Crippen LogP contribution in [0.15, 0.2) is 24.3 Å². The molecule has 0 radical (unpaired) electrons. The van der Waals surface area contributed by atoms with Gasteiger partial charge in [0.05, 0.1) is 0 Å². The van der Waals surface area contributed by atoms with Gasteiger partial charge in [0.1, 0.15) is 28.4 Å². The first-order valence-corrected chi connectivity index (χ1v) is 10.3. The van der Waals surface area contributed by atoms with Gasteiger partial charge in [-0.2, -0.15) is 0 Å². The van der Waals surface area contributed by atoms with Crippen LogP contribution in [0.25, 0.3) is 0 Å². The number of rotatable bonds is 3. The fraction of sp³-hybridized carbons (Fsp3) is 0.550. The van der Waals surface area contributed by atoms with Gasteiger partial charge >= 0.3 is 5.97 Å². The summed E-state index contributed by atoms with van der Waals surface area (Å²) in [5, 5.41) is 10.3. The zero-order chi connectivity index (χ0) is 21.7. The first-order chi connectivity index (χ1) is 13.3. The molecule has 3 unspecified atom stereocenters. The van der Waals surface area contributed by atoms with E-state index in [-0.39, 0.29) is 11.7 Å². The molecule has 0 aliphatic carbocycles. The van der Waals surface area contributed by atoms with Crippen LogP contribution in [0.1, 0.15) is 34.6 Å². The van der Waals surface area contributed by atoms with E-state index in [9.17, 15) is 23.9 Å². The van der Waals surface area contributed by atoms with E-state index < -0.39 is 46.4 Å². The van der Waals surface area contributed by atoms with Crippen LogP contribution >= 0.6 is 11.8 Å². The van der Waals surface area contributed by atoms with E-state index >= 15 is 0 Å². The molecule has 4 atom stereocenters. The van der Waals surface area contributed by atoms with Crippen molar-refractivity contribution in [3.8, 4) is 0 Å². The standard InChI is InChI=1S/C20H25FN2O5S/c1-11(24)22(13-8-6-12(21)7-9-13)14-16(25)23-15(18(26)28-19(2,3)4)20(5,27)10-29-17(14)23/h6-9,14-15,17,27H,10H2,1-5H3/t14?,15?,17-,20?/m1/s1. The summed E-state index contributed by atoms with van der Waals surface area (Å²) < 4.78 is 18.7. The number of nitrogens with zero attached hydrogens (tertiary/aromatic N) is 2. The molecule has 1 N–H and O–H groups in total. The summed E-state index contributed by atoms with van der Waals surface area (Å²) in [6.45, 7) is 7.95. The van der Waals surface area contributed by atoms with E-state index in [4.69, 9.17) is 4.74 Å². The van der Waals surface area contributed by atoms with Crippen molar-refractivity contribution >= 4 is 35.2 Å². The quantitative estimate of drug-likeness (QED) is 0.589. The van der Waals surface area contributed by atoms with Crippen molar-refractivity contribution in [3.05, 3.63) is 30.1 Å². The van der Waals surface area contributed by atoms with Gasteiger partial charge in [0.25, 0.3) is 5.91 Å². The zero-order valence-corrected chi connectivity index (χ0v) is 17.8. The summed E-state index contributed by atoms with van der Waals surface area (Å²) in [5.74, 6) is -1.78. The molecular weight excluding hydrogens is 399 g/mol. The Labute approximate surface area is 173 Å². The van der Waals surface area contributed by atoms with Crippen molar-refractivity contribution in [1.82, 2.24) is 4.90 Å². The second-order valence-corrected chi connectivity index (χ2v) is 9.66. The Balaban J connectivity index is 1.91. The lowest BCUT2D eigenvalue weighted by atomic mass is 9.90. The molecule has 2 aliphatic rings. The Morgan fingerprint density at radius 1 is 1.31 bits per heavy atom. The van der Waals surface area contributed by atoms with Gasteiger partial charge in [-0.3, -0.25) is 14.5 Å². The highest BCUT2D eigenvalue weighted by molar-refractivity contribution is 8.00. The topological polar surface area (TPSA) is 87.2 Å². The molecule has 2 saturated heterocycles. The Kier molecular flexibility index (Phi) is 5.42. The number of β-lactam (4-membered cyclic amide) rings is 1. The summed E-state index contributed by atoms with van der Waals surface area (Å²) in [5.41, 5.74) is -1.86. The van der Waals surface area contributed by atoms with Crippen LogP contribution in [0.2, 0.25) is 0 Å². The Morgan fingerprint density at radius 2 is 1.90 bits per heavy atom. The number of esters is 1. The first kappa shape index (κ1) is 21.6. The average molecular weight is 424 g/mol. The molecule has 2 amide bonds. The van der Waals surface area contributed by atoms with Crippen molar-refractivity contribution in [2.45, 2.75) is 63.3 Å². The number of amides is 2. The van der Waals surface area contributed by atoms with Crippen molar-refractivity contribution in [2.24, 2.45) is 0 Å². The van der Waals surface area contributed by atoms with E-state index in [0.29, 0.717) is 5.69 Å². The fourth-order valence-corrected chi connectivity index (χ4v) is 5.12. The third kappa shape index (κ3) is 3.98. The smallest absolute Gasteiger partial charge is 0.332 e. The molecule has 29 heavy (non-hydrogen) atoms. The molecule has 1 aromatic rings. The number of benzene rings is 1. The molecule has 1 aromatic carbocycles. The van der Waals surface area contributed by atoms with E-state index in [2.05, 4.69) is 0 Å². The molecule has 2 fully saturated rings. The number of carbonyl (C=O) groups excluding carboxylic acids is 3. The number of aliphatic hydroxyl groups is 1. The maximum Gasteiger partial charge on any atom is 0.332 e. The molecule has 0 aromatic heterocycles. The molecule has 0 spiro atoms. The fourth-order valence-electron chi connectivity index (χ4n) is 3.65. The zero-order valence-electron chi connectivity index (χ0n) is 17.0. The van der Waals surface area contributed by atoms with Gasteiger partial charge in [-0.05, 0) is 52.0 Å². The minimum Gasteiger partial charge on any atom is -0.458 e.